The molecule has 0 atom stereocenters. The monoisotopic (exact) mass is 242 g/mol. The van der Waals surface area contributed by atoms with Gasteiger partial charge in [-0.15, -0.1) is 0 Å². The van der Waals surface area contributed by atoms with Gasteiger partial charge in [0, 0.05) is 6.04 Å². The molecule has 0 fully saturated rings. The molecule has 1 aromatic rings. The van der Waals surface area contributed by atoms with Gasteiger partial charge in [0.25, 0.3) is 0 Å². The van der Waals surface area contributed by atoms with Crippen LogP contribution in [0.2, 0.25) is 5.02 Å². The van der Waals surface area contributed by atoms with Crippen LogP contribution in [0.25, 0.3) is 0 Å². The maximum absolute atomic E-state index is 6.06. The van der Waals surface area contributed by atoms with Gasteiger partial charge in [0.2, 0.25) is 0 Å². The van der Waals surface area contributed by atoms with E-state index in [0.29, 0.717) is 16.2 Å². The van der Waals surface area contributed by atoms with Crippen molar-refractivity contribution in [3.05, 3.63) is 28.8 Å². The molecule has 0 aliphatic rings. The molecule has 0 aromatic heterocycles. The average molecular weight is 243 g/mol. The standard InChI is InChI=1S/C11H15ClN2S/c1-7(2)13-11(15)14-10-8(3)5-4-6-9(10)12/h4-7H,1-3H3,(H2,13,14,15). The minimum absolute atomic E-state index is 0.313. The lowest BCUT2D eigenvalue weighted by atomic mass is 10.2. The van der Waals surface area contributed by atoms with Gasteiger partial charge in [-0.2, -0.15) is 0 Å². The third-order valence-electron chi connectivity index (χ3n) is 1.88. The van der Waals surface area contributed by atoms with Crippen molar-refractivity contribution in [1.82, 2.24) is 5.32 Å². The van der Waals surface area contributed by atoms with E-state index in [1.54, 1.807) is 0 Å². The van der Waals surface area contributed by atoms with Crippen molar-refractivity contribution in [2.24, 2.45) is 0 Å². The van der Waals surface area contributed by atoms with Gasteiger partial charge in [-0.25, -0.2) is 0 Å². The van der Waals surface area contributed by atoms with Crippen LogP contribution in [0.4, 0.5) is 5.69 Å². The second kappa shape index (κ2) is 5.33. The average Bonchev–Trinajstić information content (AvgIpc) is 2.10. The molecule has 82 valence electrons. The highest BCUT2D eigenvalue weighted by molar-refractivity contribution is 7.80. The van der Waals surface area contributed by atoms with Crippen molar-refractivity contribution in [3.8, 4) is 0 Å². The van der Waals surface area contributed by atoms with Crippen LogP contribution >= 0.6 is 23.8 Å². The summed E-state index contributed by atoms with van der Waals surface area (Å²) in [6.45, 7) is 6.06. The summed E-state index contributed by atoms with van der Waals surface area (Å²) in [4.78, 5) is 0. The Morgan fingerprint density at radius 1 is 1.40 bits per heavy atom. The van der Waals surface area contributed by atoms with Crippen molar-refractivity contribution < 1.29 is 0 Å². The normalized spacial score (nSPS) is 10.2. The number of nitrogens with one attached hydrogen (secondary N) is 2. The number of benzene rings is 1. The molecule has 0 radical (unpaired) electrons. The summed E-state index contributed by atoms with van der Waals surface area (Å²) in [7, 11) is 0. The summed E-state index contributed by atoms with van der Waals surface area (Å²) in [6, 6.07) is 6.07. The molecule has 0 aliphatic carbocycles. The van der Waals surface area contributed by atoms with E-state index in [1.165, 1.54) is 0 Å². The molecule has 0 spiro atoms. The number of halogens is 1. The Hall–Kier alpha value is -0.800. The van der Waals surface area contributed by atoms with Crippen LogP contribution in [0.5, 0.6) is 0 Å². The molecule has 0 heterocycles. The Balaban J connectivity index is 2.76. The Morgan fingerprint density at radius 2 is 2.07 bits per heavy atom. The summed E-state index contributed by atoms with van der Waals surface area (Å²) < 4.78 is 0. The van der Waals surface area contributed by atoms with Gasteiger partial charge in [-0.05, 0) is 44.6 Å². The predicted molar refractivity (Wildman–Crippen MR) is 70.7 cm³/mol. The fourth-order valence-corrected chi connectivity index (χ4v) is 1.81. The summed E-state index contributed by atoms with van der Waals surface area (Å²) >= 11 is 11.2. The van der Waals surface area contributed by atoms with Crippen molar-refractivity contribution in [2.75, 3.05) is 5.32 Å². The third-order valence-corrected chi connectivity index (χ3v) is 2.42. The van der Waals surface area contributed by atoms with Crippen molar-refractivity contribution in [1.29, 1.82) is 0 Å². The molecule has 0 bridgehead atoms. The first-order chi connectivity index (χ1) is 7.00. The van der Waals surface area contributed by atoms with Gasteiger partial charge in [0.1, 0.15) is 0 Å². The summed E-state index contributed by atoms with van der Waals surface area (Å²) in [6.07, 6.45) is 0. The molecule has 4 heteroatoms. The summed E-state index contributed by atoms with van der Waals surface area (Å²) in [5, 5.41) is 7.49. The Morgan fingerprint density at radius 3 is 2.60 bits per heavy atom. The highest BCUT2D eigenvalue weighted by atomic mass is 35.5. The second-order valence-corrected chi connectivity index (χ2v) is 4.50. The number of anilines is 1. The SMILES string of the molecule is Cc1cccc(Cl)c1NC(=S)NC(C)C. The Kier molecular flexibility index (Phi) is 4.36. The first kappa shape index (κ1) is 12.3. The Bertz CT molecular complexity index is 343. The van der Waals surface area contributed by atoms with E-state index in [0.717, 1.165) is 11.3 Å². The van der Waals surface area contributed by atoms with Crippen LogP contribution in [0, 0.1) is 6.92 Å². The minimum atomic E-state index is 0.313. The van der Waals surface area contributed by atoms with E-state index in [1.807, 2.05) is 39.0 Å². The van der Waals surface area contributed by atoms with Crippen LogP contribution in [-0.4, -0.2) is 11.2 Å². The maximum atomic E-state index is 6.06. The lowest BCUT2D eigenvalue weighted by Crippen LogP contribution is -2.34. The molecule has 2 N–H and O–H groups in total. The minimum Gasteiger partial charge on any atom is -0.360 e. The molecule has 1 rings (SSSR count). The molecule has 0 saturated carbocycles. The number of para-hydroxylation sites is 1. The molecule has 0 saturated heterocycles. The Labute approximate surface area is 101 Å². The first-order valence-electron chi connectivity index (χ1n) is 4.83. The van der Waals surface area contributed by atoms with Gasteiger partial charge >= 0.3 is 0 Å². The van der Waals surface area contributed by atoms with E-state index in [4.69, 9.17) is 23.8 Å². The van der Waals surface area contributed by atoms with Gasteiger partial charge in [-0.1, -0.05) is 23.7 Å². The molecule has 1 aromatic carbocycles. The topological polar surface area (TPSA) is 24.1 Å². The lowest BCUT2D eigenvalue weighted by Gasteiger charge is -2.15. The predicted octanol–water partition coefficient (Wildman–Crippen LogP) is 3.34. The molecule has 0 amide bonds. The van der Waals surface area contributed by atoms with Crippen LogP contribution in [-0.2, 0) is 0 Å². The van der Waals surface area contributed by atoms with Crippen molar-refractivity contribution in [2.45, 2.75) is 26.8 Å². The molecular weight excluding hydrogens is 228 g/mol. The zero-order valence-electron chi connectivity index (χ0n) is 9.10. The molecule has 15 heavy (non-hydrogen) atoms. The van der Waals surface area contributed by atoms with E-state index in [-0.39, 0.29) is 0 Å². The number of rotatable bonds is 2. The smallest absolute Gasteiger partial charge is 0.171 e. The first-order valence-corrected chi connectivity index (χ1v) is 5.62. The van der Waals surface area contributed by atoms with Crippen LogP contribution in [0.1, 0.15) is 19.4 Å². The molecular formula is C11H15ClN2S. The molecule has 0 aliphatic heterocycles. The number of hydrogen-bond acceptors (Lipinski definition) is 1. The van der Waals surface area contributed by atoms with E-state index >= 15 is 0 Å². The van der Waals surface area contributed by atoms with E-state index < -0.39 is 0 Å². The van der Waals surface area contributed by atoms with Gasteiger partial charge < -0.3 is 10.6 Å². The van der Waals surface area contributed by atoms with Gasteiger partial charge in [0.05, 0.1) is 10.7 Å². The lowest BCUT2D eigenvalue weighted by molar-refractivity contribution is 0.739. The van der Waals surface area contributed by atoms with E-state index in [9.17, 15) is 0 Å². The van der Waals surface area contributed by atoms with Crippen molar-refractivity contribution in [3.63, 3.8) is 0 Å². The van der Waals surface area contributed by atoms with Gasteiger partial charge in [-0.3, -0.25) is 0 Å². The molecule has 2 nitrogen and oxygen atoms in total. The van der Waals surface area contributed by atoms with Crippen LogP contribution < -0.4 is 10.6 Å². The largest absolute Gasteiger partial charge is 0.360 e. The number of hydrogen-bond donors (Lipinski definition) is 2. The summed E-state index contributed by atoms with van der Waals surface area (Å²) in [5.41, 5.74) is 1.95. The van der Waals surface area contributed by atoms with Gasteiger partial charge in [0.15, 0.2) is 5.11 Å². The zero-order valence-corrected chi connectivity index (χ0v) is 10.7. The number of thiocarbonyl (C=S) groups is 1. The fourth-order valence-electron chi connectivity index (χ4n) is 1.20. The maximum Gasteiger partial charge on any atom is 0.171 e. The quantitative estimate of drug-likeness (QED) is 0.778. The van der Waals surface area contributed by atoms with Crippen LogP contribution in [0.15, 0.2) is 18.2 Å². The highest BCUT2D eigenvalue weighted by Crippen LogP contribution is 2.24. The fraction of sp³-hybridized carbons (Fsp3) is 0.364. The number of aryl methyl sites for hydroxylation is 1. The third kappa shape index (κ3) is 3.68. The van der Waals surface area contributed by atoms with E-state index in [2.05, 4.69) is 10.6 Å². The van der Waals surface area contributed by atoms with Crippen molar-refractivity contribution >= 4 is 34.6 Å². The van der Waals surface area contributed by atoms with Crippen LogP contribution in [0.3, 0.4) is 0 Å². The summed E-state index contributed by atoms with van der Waals surface area (Å²) in [5.74, 6) is 0. The molecule has 0 unspecified atom stereocenters. The highest BCUT2D eigenvalue weighted by Gasteiger charge is 2.05. The second-order valence-electron chi connectivity index (χ2n) is 3.68. The zero-order chi connectivity index (χ0) is 11.4.